The molecule has 0 spiro atoms. The number of nitrogens with zero attached hydrogens (tertiary/aromatic N) is 3. The van der Waals surface area contributed by atoms with Gasteiger partial charge in [-0.2, -0.15) is 0 Å². The molecule has 3 rings (SSSR count). The van der Waals surface area contributed by atoms with Crippen LogP contribution in [0.15, 0.2) is 34.9 Å². The zero-order valence-electron chi connectivity index (χ0n) is 9.51. The third-order valence-electron chi connectivity index (χ3n) is 2.53. The Hall–Kier alpha value is -2.14. The van der Waals surface area contributed by atoms with Crippen LogP contribution in [0.2, 0.25) is 5.28 Å². The molecule has 6 heteroatoms. The molecule has 0 saturated carbocycles. The van der Waals surface area contributed by atoms with Gasteiger partial charge in [0.05, 0.1) is 5.69 Å². The smallest absolute Gasteiger partial charge is 0.246 e. The highest BCUT2D eigenvalue weighted by atomic mass is 35.5. The lowest BCUT2D eigenvalue weighted by Gasteiger charge is -1.97. The molecule has 90 valence electrons. The first-order valence-electron chi connectivity index (χ1n) is 5.34. The Balaban J connectivity index is 2.19. The molecular formula is C12H9ClN4O. The van der Waals surface area contributed by atoms with Crippen molar-refractivity contribution in [1.82, 2.24) is 15.0 Å². The lowest BCUT2D eigenvalue weighted by atomic mass is 10.3. The monoisotopic (exact) mass is 260 g/mol. The fourth-order valence-corrected chi connectivity index (χ4v) is 1.86. The van der Waals surface area contributed by atoms with E-state index in [4.69, 9.17) is 16.0 Å². The minimum absolute atomic E-state index is 0.170. The number of nitrogens with one attached hydrogen (secondary N) is 1. The fraction of sp³-hybridized carbons (Fsp3) is 0.0833. The SMILES string of the molecule is CNc1cccc2nc(-c3ccnc(Cl)n3)oc12. The molecule has 0 radical (unpaired) electrons. The van der Waals surface area contributed by atoms with Crippen LogP contribution >= 0.6 is 11.6 Å². The number of aromatic nitrogens is 3. The van der Waals surface area contributed by atoms with Crippen LogP contribution in [-0.4, -0.2) is 22.0 Å². The van der Waals surface area contributed by atoms with Crippen molar-refractivity contribution < 1.29 is 4.42 Å². The van der Waals surface area contributed by atoms with Crippen LogP contribution in [0.3, 0.4) is 0 Å². The van der Waals surface area contributed by atoms with Crippen molar-refractivity contribution in [2.45, 2.75) is 0 Å². The fourth-order valence-electron chi connectivity index (χ4n) is 1.71. The summed E-state index contributed by atoms with van der Waals surface area (Å²) in [6.07, 6.45) is 1.57. The van der Waals surface area contributed by atoms with Gasteiger partial charge in [-0.25, -0.2) is 15.0 Å². The quantitative estimate of drug-likeness (QED) is 0.718. The van der Waals surface area contributed by atoms with Gasteiger partial charge in [0.2, 0.25) is 11.2 Å². The third-order valence-corrected chi connectivity index (χ3v) is 2.71. The molecule has 0 aliphatic heterocycles. The molecule has 0 amide bonds. The molecule has 0 fully saturated rings. The molecule has 0 bridgehead atoms. The van der Waals surface area contributed by atoms with Gasteiger partial charge in [-0.3, -0.25) is 0 Å². The second kappa shape index (κ2) is 4.27. The standard InChI is InChI=1S/C12H9ClN4O/c1-14-7-3-2-4-8-10(7)18-11(16-8)9-5-6-15-12(13)17-9/h2-6,14H,1H3. The first kappa shape index (κ1) is 11.0. The molecule has 0 atom stereocenters. The highest BCUT2D eigenvalue weighted by Crippen LogP contribution is 2.28. The van der Waals surface area contributed by atoms with E-state index in [9.17, 15) is 0 Å². The maximum absolute atomic E-state index is 5.75. The number of rotatable bonds is 2. The van der Waals surface area contributed by atoms with Crippen LogP contribution in [0.5, 0.6) is 0 Å². The van der Waals surface area contributed by atoms with E-state index >= 15 is 0 Å². The number of para-hydroxylation sites is 1. The van der Waals surface area contributed by atoms with Crippen molar-refractivity contribution in [1.29, 1.82) is 0 Å². The Kier molecular flexibility index (Phi) is 2.60. The maximum Gasteiger partial charge on any atom is 0.246 e. The largest absolute Gasteiger partial charge is 0.432 e. The molecule has 5 nitrogen and oxygen atoms in total. The van der Waals surface area contributed by atoms with Crippen LogP contribution in [0.25, 0.3) is 22.7 Å². The number of halogens is 1. The third kappa shape index (κ3) is 1.78. The summed E-state index contributed by atoms with van der Waals surface area (Å²) in [6, 6.07) is 7.42. The van der Waals surface area contributed by atoms with Gasteiger partial charge in [0.15, 0.2) is 5.58 Å². The lowest BCUT2D eigenvalue weighted by molar-refractivity contribution is 0.617. The van der Waals surface area contributed by atoms with Crippen LogP contribution < -0.4 is 5.32 Å². The normalized spacial score (nSPS) is 10.8. The summed E-state index contributed by atoms with van der Waals surface area (Å²) in [4.78, 5) is 12.3. The van der Waals surface area contributed by atoms with Crippen molar-refractivity contribution in [3.8, 4) is 11.6 Å². The topological polar surface area (TPSA) is 63.8 Å². The van der Waals surface area contributed by atoms with E-state index in [0.717, 1.165) is 11.2 Å². The molecule has 0 aliphatic rings. The summed E-state index contributed by atoms with van der Waals surface area (Å²) < 4.78 is 5.71. The van der Waals surface area contributed by atoms with Gasteiger partial charge in [-0.1, -0.05) is 6.07 Å². The molecular weight excluding hydrogens is 252 g/mol. The second-order valence-electron chi connectivity index (χ2n) is 3.63. The van der Waals surface area contributed by atoms with Crippen molar-refractivity contribution in [2.75, 3.05) is 12.4 Å². The van der Waals surface area contributed by atoms with Crippen molar-refractivity contribution in [2.24, 2.45) is 0 Å². The van der Waals surface area contributed by atoms with Crippen molar-refractivity contribution in [3.63, 3.8) is 0 Å². The number of hydrogen-bond donors (Lipinski definition) is 1. The predicted molar refractivity (Wildman–Crippen MR) is 69.6 cm³/mol. The Morgan fingerprint density at radius 2 is 2.11 bits per heavy atom. The van der Waals surface area contributed by atoms with Crippen molar-refractivity contribution >= 4 is 28.4 Å². The van der Waals surface area contributed by atoms with E-state index in [1.165, 1.54) is 0 Å². The van der Waals surface area contributed by atoms with E-state index in [2.05, 4.69) is 20.3 Å². The number of anilines is 1. The molecule has 0 unspecified atom stereocenters. The minimum atomic E-state index is 0.170. The second-order valence-corrected chi connectivity index (χ2v) is 3.97. The van der Waals surface area contributed by atoms with Gasteiger partial charge in [0.25, 0.3) is 0 Å². The summed E-state index contributed by atoms with van der Waals surface area (Å²) in [6.45, 7) is 0. The van der Waals surface area contributed by atoms with Crippen molar-refractivity contribution in [3.05, 3.63) is 35.7 Å². The van der Waals surface area contributed by atoms with Gasteiger partial charge in [0, 0.05) is 13.2 Å². The maximum atomic E-state index is 5.75. The summed E-state index contributed by atoms with van der Waals surface area (Å²) in [7, 11) is 1.83. The Morgan fingerprint density at radius 1 is 1.22 bits per heavy atom. The lowest BCUT2D eigenvalue weighted by Crippen LogP contribution is -1.86. The Labute approximate surface area is 108 Å². The number of benzene rings is 1. The van der Waals surface area contributed by atoms with Gasteiger partial charge in [-0.15, -0.1) is 0 Å². The molecule has 3 aromatic rings. The first-order valence-corrected chi connectivity index (χ1v) is 5.72. The van der Waals surface area contributed by atoms with Gasteiger partial charge < -0.3 is 9.73 Å². The van der Waals surface area contributed by atoms with Gasteiger partial charge in [0.1, 0.15) is 11.2 Å². The molecule has 18 heavy (non-hydrogen) atoms. The van der Waals surface area contributed by atoms with Crippen LogP contribution in [0.4, 0.5) is 5.69 Å². The Bertz CT molecular complexity index is 710. The van der Waals surface area contributed by atoms with Crippen LogP contribution in [0, 0.1) is 0 Å². The molecule has 0 saturated heterocycles. The van der Waals surface area contributed by atoms with E-state index in [-0.39, 0.29) is 5.28 Å². The number of oxazole rings is 1. The van der Waals surface area contributed by atoms with Gasteiger partial charge in [-0.05, 0) is 29.8 Å². The molecule has 2 aromatic heterocycles. The number of fused-ring (bicyclic) bond motifs is 1. The first-order chi connectivity index (χ1) is 8.78. The predicted octanol–water partition coefficient (Wildman–Crippen LogP) is 2.98. The zero-order chi connectivity index (χ0) is 12.5. The summed E-state index contributed by atoms with van der Waals surface area (Å²) >= 11 is 5.75. The summed E-state index contributed by atoms with van der Waals surface area (Å²) in [5, 5.41) is 3.22. The van der Waals surface area contributed by atoms with E-state index in [0.29, 0.717) is 17.2 Å². The van der Waals surface area contributed by atoms with E-state index in [1.807, 2.05) is 25.2 Å². The molecule has 1 aromatic carbocycles. The summed E-state index contributed by atoms with van der Waals surface area (Å²) in [5.74, 6) is 0.428. The average Bonchev–Trinajstić information content (AvgIpc) is 2.82. The highest BCUT2D eigenvalue weighted by Gasteiger charge is 2.12. The molecule has 2 heterocycles. The van der Waals surface area contributed by atoms with E-state index in [1.54, 1.807) is 12.3 Å². The van der Waals surface area contributed by atoms with Gasteiger partial charge >= 0.3 is 0 Å². The molecule has 1 N–H and O–H groups in total. The average molecular weight is 261 g/mol. The van der Waals surface area contributed by atoms with E-state index < -0.39 is 0 Å². The number of hydrogen-bond acceptors (Lipinski definition) is 5. The Morgan fingerprint density at radius 3 is 2.89 bits per heavy atom. The van der Waals surface area contributed by atoms with Crippen LogP contribution in [0.1, 0.15) is 0 Å². The summed E-state index contributed by atoms with van der Waals surface area (Å²) in [5.41, 5.74) is 2.91. The molecule has 0 aliphatic carbocycles. The highest BCUT2D eigenvalue weighted by molar-refractivity contribution is 6.28. The minimum Gasteiger partial charge on any atom is -0.432 e. The van der Waals surface area contributed by atoms with Crippen LogP contribution in [-0.2, 0) is 0 Å². The zero-order valence-corrected chi connectivity index (χ0v) is 10.3.